The van der Waals surface area contributed by atoms with E-state index in [2.05, 4.69) is 63.3 Å². The Morgan fingerprint density at radius 2 is 1.74 bits per heavy atom. The topological polar surface area (TPSA) is 81.3 Å². The molecule has 142 valence electrons. The van der Waals surface area contributed by atoms with Crippen LogP contribution in [0.4, 0.5) is 5.82 Å². The second kappa shape index (κ2) is 6.75. The minimum absolute atomic E-state index is 0.0152. The molecule has 0 aromatic carbocycles. The molecule has 8 nitrogen and oxygen atoms in total. The van der Waals surface area contributed by atoms with E-state index in [0.29, 0.717) is 11.8 Å². The predicted octanol–water partition coefficient (Wildman–Crippen LogP) is 2.60. The van der Waals surface area contributed by atoms with Gasteiger partial charge in [0.25, 0.3) is 0 Å². The predicted molar refractivity (Wildman–Crippen MR) is 102 cm³/mol. The van der Waals surface area contributed by atoms with Crippen LogP contribution >= 0.6 is 0 Å². The first kappa shape index (κ1) is 17.6. The van der Waals surface area contributed by atoms with Crippen LogP contribution in [-0.4, -0.2) is 50.2 Å². The van der Waals surface area contributed by atoms with Gasteiger partial charge in [0.05, 0.1) is 12.8 Å². The van der Waals surface area contributed by atoms with Crippen LogP contribution in [-0.2, 0) is 5.41 Å². The highest BCUT2D eigenvalue weighted by Crippen LogP contribution is 2.29. The van der Waals surface area contributed by atoms with Gasteiger partial charge < -0.3 is 9.64 Å². The molecule has 0 unspecified atom stereocenters. The average molecular weight is 367 g/mol. The molecule has 8 heteroatoms. The zero-order valence-corrected chi connectivity index (χ0v) is 16.3. The van der Waals surface area contributed by atoms with E-state index in [-0.39, 0.29) is 5.41 Å². The summed E-state index contributed by atoms with van der Waals surface area (Å²) in [5.41, 5.74) is 1.77. The van der Waals surface area contributed by atoms with Gasteiger partial charge >= 0.3 is 0 Å². The van der Waals surface area contributed by atoms with Crippen LogP contribution in [0, 0.1) is 0 Å². The Morgan fingerprint density at radius 3 is 2.37 bits per heavy atom. The van der Waals surface area contributed by atoms with Crippen molar-refractivity contribution >= 4 is 11.5 Å². The third-order valence-electron chi connectivity index (χ3n) is 5.07. The number of hydrogen-bond acceptors (Lipinski definition) is 7. The minimum atomic E-state index is 0.0152. The maximum Gasteiger partial charge on any atom is 0.231 e. The Morgan fingerprint density at radius 1 is 0.963 bits per heavy atom. The van der Waals surface area contributed by atoms with Crippen LogP contribution in [0.15, 0.2) is 24.3 Å². The molecule has 0 bridgehead atoms. The standard InChI is InChI=1S/C19H25N7O/c1-19(2,3)14-5-6-15(21-20-14)25-11-9-13(10-12-25)18-23-22-16-7-8-17(27-4)24-26(16)18/h5-8,13H,9-12H2,1-4H3. The maximum absolute atomic E-state index is 5.23. The quantitative estimate of drug-likeness (QED) is 0.704. The highest BCUT2D eigenvalue weighted by Gasteiger charge is 2.26. The van der Waals surface area contributed by atoms with Gasteiger partial charge in [-0.05, 0) is 31.0 Å². The maximum atomic E-state index is 5.23. The van der Waals surface area contributed by atoms with Crippen LogP contribution in [0.1, 0.15) is 51.0 Å². The SMILES string of the molecule is COc1ccc2nnc(C3CCN(c4ccc(C(C)(C)C)nn4)CC3)n2n1. The van der Waals surface area contributed by atoms with Crippen molar-refractivity contribution in [1.82, 2.24) is 30.0 Å². The van der Waals surface area contributed by atoms with Crippen LogP contribution in [0.25, 0.3) is 5.65 Å². The molecule has 0 N–H and O–H groups in total. The highest BCUT2D eigenvalue weighted by atomic mass is 16.5. The van der Waals surface area contributed by atoms with E-state index in [9.17, 15) is 0 Å². The molecule has 3 aromatic rings. The summed E-state index contributed by atoms with van der Waals surface area (Å²) in [6.45, 7) is 8.26. The lowest BCUT2D eigenvalue weighted by molar-refractivity contribution is 0.386. The van der Waals surface area contributed by atoms with E-state index < -0.39 is 0 Å². The average Bonchev–Trinajstić information content (AvgIpc) is 3.10. The normalized spacial score (nSPS) is 16.1. The molecule has 0 radical (unpaired) electrons. The fourth-order valence-corrected chi connectivity index (χ4v) is 3.41. The van der Waals surface area contributed by atoms with Gasteiger partial charge in [-0.25, -0.2) is 0 Å². The number of ether oxygens (including phenoxy) is 1. The Kier molecular flexibility index (Phi) is 4.41. The number of anilines is 1. The summed E-state index contributed by atoms with van der Waals surface area (Å²) in [7, 11) is 1.61. The molecule has 0 atom stereocenters. The van der Waals surface area contributed by atoms with Crippen molar-refractivity contribution in [3.63, 3.8) is 0 Å². The van der Waals surface area contributed by atoms with Crippen molar-refractivity contribution in [3.05, 3.63) is 35.8 Å². The molecular formula is C19H25N7O. The third kappa shape index (κ3) is 3.43. The van der Waals surface area contributed by atoms with Gasteiger partial charge in [-0.3, -0.25) is 0 Å². The fourth-order valence-electron chi connectivity index (χ4n) is 3.41. The Bertz CT molecular complexity index is 921. The van der Waals surface area contributed by atoms with E-state index in [1.807, 2.05) is 6.07 Å². The zero-order chi connectivity index (χ0) is 19.0. The summed E-state index contributed by atoms with van der Waals surface area (Å²) in [5.74, 6) is 2.72. The van der Waals surface area contributed by atoms with Gasteiger partial charge in [-0.15, -0.1) is 20.4 Å². The monoisotopic (exact) mass is 367 g/mol. The molecule has 4 rings (SSSR count). The van der Waals surface area contributed by atoms with Gasteiger partial charge in [0.2, 0.25) is 5.88 Å². The number of hydrogen-bond donors (Lipinski definition) is 0. The largest absolute Gasteiger partial charge is 0.480 e. The summed E-state index contributed by atoms with van der Waals surface area (Å²) in [4.78, 5) is 2.28. The zero-order valence-electron chi connectivity index (χ0n) is 16.3. The van der Waals surface area contributed by atoms with Gasteiger partial charge in [0.1, 0.15) is 0 Å². The summed E-state index contributed by atoms with van der Waals surface area (Å²) in [6, 6.07) is 7.84. The van der Waals surface area contributed by atoms with Crippen molar-refractivity contribution in [1.29, 1.82) is 0 Å². The van der Waals surface area contributed by atoms with Crippen molar-refractivity contribution in [2.45, 2.75) is 44.9 Å². The Hall–Kier alpha value is -2.77. The van der Waals surface area contributed by atoms with Crippen molar-refractivity contribution < 1.29 is 4.74 Å². The van der Waals surface area contributed by atoms with Crippen molar-refractivity contribution in [2.24, 2.45) is 0 Å². The first-order valence-corrected chi connectivity index (χ1v) is 9.31. The summed E-state index contributed by atoms with van der Waals surface area (Å²) in [5, 5.41) is 21.9. The second-order valence-electron chi connectivity index (χ2n) is 7.99. The number of nitrogens with zero attached hydrogens (tertiary/aromatic N) is 7. The first-order valence-electron chi connectivity index (χ1n) is 9.31. The van der Waals surface area contributed by atoms with Crippen LogP contribution in [0.2, 0.25) is 0 Å². The number of aromatic nitrogens is 6. The molecular weight excluding hydrogens is 342 g/mol. The molecule has 1 aliphatic rings. The third-order valence-corrected chi connectivity index (χ3v) is 5.07. The molecule has 27 heavy (non-hydrogen) atoms. The number of fused-ring (bicyclic) bond motifs is 1. The van der Waals surface area contributed by atoms with Crippen LogP contribution in [0.5, 0.6) is 5.88 Å². The van der Waals surface area contributed by atoms with E-state index >= 15 is 0 Å². The summed E-state index contributed by atoms with van der Waals surface area (Å²) < 4.78 is 7.03. The fraction of sp³-hybridized carbons (Fsp3) is 0.526. The molecule has 1 aliphatic heterocycles. The summed E-state index contributed by atoms with van der Waals surface area (Å²) >= 11 is 0. The molecule has 1 saturated heterocycles. The Labute approximate surface area is 158 Å². The van der Waals surface area contributed by atoms with Gasteiger partial charge in [0.15, 0.2) is 17.3 Å². The molecule has 1 fully saturated rings. The molecule has 0 saturated carbocycles. The Balaban J connectivity index is 1.48. The highest BCUT2D eigenvalue weighted by molar-refractivity contribution is 5.40. The van der Waals surface area contributed by atoms with E-state index in [1.165, 1.54) is 0 Å². The number of methoxy groups -OCH3 is 1. The molecule has 0 spiro atoms. The smallest absolute Gasteiger partial charge is 0.231 e. The first-order chi connectivity index (χ1) is 13.0. The molecule has 4 heterocycles. The molecule has 3 aromatic heterocycles. The lowest BCUT2D eigenvalue weighted by atomic mass is 9.92. The number of piperidine rings is 1. The molecule has 0 amide bonds. The van der Waals surface area contributed by atoms with Gasteiger partial charge in [-0.2, -0.15) is 9.61 Å². The van der Waals surface area contributed by atoms with Crippen molar-refractivity contribution in [3.8, 4) is 5.88 Å². The number of rotatable bonds is 3. The van der Waals surface area contributed by atoms with Gasteiger partial charge in [0, 0.05) is 30.5 Å². The van der Waals surface area contributed by atoms with E-state index in [0.717, 1.165) is 48.9 Å². The van der Waals surface area contributed by atoms with Crippen molar-refractivity contribution in [2.75, 3.05) is 25.1 Å². The van der Waals surface area contributed by atoms with E-state index in [1.54, 1.807) is 17.7 Å². The lowest BCUT2D eigenvalue weighted by Crippen LogP contribution is -2.34. The lowest BCUT2D eigenvalue weighted by Gasteiger charge is -2.31. The van der Waals surface area contributed by atoms with Gasteiger partial charge in [-0.1, -0.05) is 20.8 Å². The van der Waals surface area contributed by atoms with Crippen LogP contribution < -0.4 is 9.64 Å². The minimum Gasteiger partial charge on any atom is -0.480 e. The second-order valence-corrected chi connectivity index (χ2v) is 7.99. The molecule has 0 aliphatic carbocycles. The van der Waals surface area contributed by atoms with E-state index in [4.69, 9.17) is 4.74 Å². The summed E-state index contributed by atoms with van der Waals surface area (Å²) in [6.07, 6.45) is 1.95. The van der Waals surface area contributed by atoms with Crippen LogP contribution in [0.3, 0.4) is 0 Å².